The predicted octanol–water partition coefficient (Wildman–Crippen LogP) is -0.195. The van der Waals surface area contributed by atoms with Gasteiger partial charge in [0, 0.05) is 39.0 Å². The molecule has 1 amide bonds. The molecule has 5 heteroatoms. The zero-order valence-corrected chi connectivity index (χ0v) is 9.74. The number of carbonyl (C=O) groups is 1. The van der Waals surface area contributed by atoms with Crippen LogP contribution in [0.1, 0.15) is 32.6 Å². The highest BCUT2D eigenvalue weighted by atomic mass is 16.5. The molecule has 1 atom stereocenters. The van der Waals surface area contributed by atoms with Crippen LogP contribution in [0.3, 0.4) is 0 Å². The van der Waals surface area contributed by atoms with Gasteiger partial charge in [-0.15, -0.1) is 0 Å². The van der Waals surface area contributed by atoms with Gasteiger partial charge in [0.25, 0.3) is 0 Å². The highest BCUT2D eigenvalue weighted by Crippen LogP contribution is 2.19. The second-order valence-electron chi connectivity index (χ2n) is 4.50. The van der Waals surface area contributed by atoms with E-state index >= 15 is 0 Å². The van der Waals surface area contributed by atoms with Crippen LogP contribution in [0.2, 0.25) is 0 Å². The minimum absolute atomic E-state index is 0.124. The van der Waals surface area contributed by atoms with Crippen molar-refractivity contribution in [1.29, 1.82) is 0 Å². The number of rotatable bonds is 5. The SMILES string of the molecule is CC(O)CCC(=O)NCC1(O)CCOCC1. The fraction of sp³-hybridized carbons (Fsp3) is 0.909. The van der Waals surface area contributed by atoms with Crippen molar-refractivity contribution >= 4 is 5.91 Å². The van der Waals surface area contributed by atoms with Crippen molar-refractivity contribution in [2.24, 2.45) is 0 Å². The van der Waals surface area contributed by atoms with Crippen LogP contribution in [-0.4, -0.2) is 47.6 Å². The van der Waals surface area contributed by atoms with Gasteiger partial charge in [-0.25, -0.2) is 0 Å². The lowest BCUT2D eigenvalue weighted by Crippen LogP contribution is -2.46. The molecule has 1 aliphatic heterocycles. The Balaban J connectivity index is 2.19. The molecule has 16 heavy (non-hydrogen) atoms. The molecule has 1 fully saturated rings. The third-order valence-corrected chi connectivity index (χ3v) is 2.83. The second-order valence-corrected chi connectivity index (χ2v) is 4.50. The maximum Gasteiger partial charge on any atom is 0.220 e. The van der Waals surface area contributed by atoms with Gasteiger partial charge in [-0.1, -0.05) is 0 Å². The van der Waals surface area contributed by atoms with Crippen LogP contribution in [0.5, 0.6) is 0 Å². The number of aliphatic hydroxyl groups excluding tert-OH is 1. The van der Waals surface area contributed by atoms with Gasteiger partial charge in [0.1, 0.15) is 0 Å². The summed E-state index contributed by atoms with van der Waals surface area (Å²) in [6, 6.07) is 0. The molecule has 0 radical (unpaired) electrons. The van der Waals surface area contributed by atoms with E-state index in [2.05, 4.69) is 5.32 Å². The Kier molecular flexibility index (Phi) is 5.18. The maximum absolute atomic E-state index is 11.4. The average Bonchev–Trinajstić information content (AvgIpc) is 2.25. The number of ether oxygens (including phenoxy) is 1. The fourth-order valence-electron chi connectivity index (χ4n) is 1.62. The van der Waals surface area contributed by atoms with Crippen molar-refractivity contribution in [2.45, 2.75) is 44.3 Å². The summed E-state index contributed by atoms with van der Waals surface area (Å²) in [5.74, 6) is -0.124. The van der Waals surface area contributed by atoms with E-state index in [1.807, 2.05) is 0 Å². The molecule has 94 valence electrons. The first-order valence-electron chi connectivity index (χ1n) is 5.77. The van der Waals surface area contributed by atoms with Gasteiger partial charge >= 0.3 is 0 Å². The van der Waals surface area contributed by atoms with Crippen molar-refractivity contribution in [2.75, 3.05) is 19.8 Å². The van der Waals surface area contributed by atoms with Gasteiger partial charge < -0.3 is 20.3 Å². The third kappa shape index (κ3) is 4.92. The molecule has 0 aromatic carbocycles. The summed E-state index contributed by atoms with van der Waals surface area (Å²) >= 11 is 0. The summed E-state index contributed by atoms with van der Waals surface area (Å²) in [6.45, 7) is 3.01. The maximum atomic E-state index is 11.4. The molecule has 0 bridgehead atoms. The summed E-state index contributed by atoms with van der Waals surface area (Å²) in [5.41, 5.74) is -0.821. The number of hydrogen-bond acceptors (Lipinski definition) is 4. The smallest absolute Gasteiger partial charge is 0.220 e. The van der Waals surface area contributed by atoms with Crippen LogP contribution in [0.4, 0.5) is 0 Å². The van der Waals surface area contributed by atoms with Crippen molar-refractivity contribution in [1.82, 2.24) is 5.32 Å². The van der Waals surface area contributed by atoms with E-state index in [1.165, 1.54) is 0 Å². The Morgan fingerprint density at radius 1 is 1.50 bits per heavy atom. The summed E-state index contributed by atoms with van der Waals surface area (Å²) in [4.78, 5) is 11.4. The molecule has 0 aromatic rings. The standard InChI is InChI=1S/C11H21NO4/c1-9(13)2-3-10(14)12-8-11(15)4-6-16-7-5-11/h9,13,15H,2-8H2,1H3,(H,12,14). The largest absolute Gasteiger partial charge is 0.393 e. The molecule has 5 nitrogen and oxygen atoms in total. The zero-order chi connectivity index (χ0) is 12.0. The van der Waals surface area contributed by atoms with Crippen LogP contribution in [0.25, 0.3) is 0 Å². The number of hydrogen-bond donors (Lipinski definition) is 3. The van der Waals surface area contributed by atoms with Crippen LogP contribution in [0.15, 0.2) is 0 Å². The predicted molar refractivity (Wildman–Crippen MR) is 58.9 cm³/mol. The normalized spacial score (nSPS) is 21.4. The zero-order valence-electron chi connectivity index (χ0n) is 9.74. The monoisotopic (exact) mass is 231 g/mol. The summed E-state index contributed by atoms with van der Waals surface area (Å²) in [5, 5.41) is 21.8. The summed E-state index contributed by atoms with van der Waals surface area (Å²) in [7, 11) is 0. The highest BCUT2D eigenvalue weighted by Gasteiger charge is 2.29. The Labute approximate surface area is 95.8 Å². The van der Waals surface area contributed by atoms with E-state index in [0.29, 0.717) is 38.9 Å². The molecule has 1 unspecified atom stereocenters. The van der Waals surface area contributed by atoms with E-state index in [-0.39, 0.29) is 12.5 Å². The van der Waals surface area contributed by atoms with Gasteiger partial charge in [-0.05, 0) is 13.3 Å². The molecule has 0 saturated carbocycles. The van der Waals surface area contributed by atoms with Crippen LogP contribution in [-0.2, 0) is 9.53 Å². The lowest BCUT2D eigenvalue weighted by Gasteiger charge is -2.32. The molecule has 1 aliphatic rings. The second kappa shape index (κ2) is 6.18. The molecule has 0 spiro atoms. The van der Waals surface area contributed by atoms with E-state index in [4.69, 9.17) is 9.84 Å². The first-order valence-corrected chi connectivity index (χ1v) is 5.77. The molecule has 3 N–H and O–H groups in total. The number of aliphatic hydroxyl groups is 2. The minimum atomic E-state index is -0.821. The lowest BCUT2D eigenvalue weighted by molar-refractivity contribution is -0.124. The fourth-order valence-corrected chi connectivity index (χ4v) is 1.62. The van der Waals surface area contributed by atoms with Gasteiger partial charge in [-0.3, -0.25) is 4.79 Å². The number of nitrogens with one attached hydrogen (secondary N) is 1. The van der Waals surface area contributed by atoms with E-state index in [0.717, 1.165) is 0 Å². The van der Waals surface area contributed by atoms with E-state index < -0.39 is 11.7 Å². The van der Waals surface area contributed by atoms with Gasteiger partial charge in [0.2, 0.25) is 5.91 Å². The molecule has 1 heterocycles. The van der Waals surface area contributed by atoms with Crippen molar-refractivity contribution < 1.29 is 19.7 Å². The summed E-state index contributed by atoms with van der Waals surface area (Å²) < 4.78 is 5.14. The Morgan fingerprint density at radius 2 is 2.12 bits per heavy atom. The van der Waals surface area contributed by atoms with Crippen molar-refractivity contribution in [3.05, 3.63) is 0 Å². The molecule has 0 aromatic heterocycles. The molecule has 1 saturated heterocycles. The van der Waals surface area contributed by atoms with E-state index in [9.17, 15) is 9.90 Å². The first kappa shape index (κ1) is 13.4. The van der Waals surface area contributed by atoms with Crippen LogP contribution < -0.4 is 5.32 Å². The highest BCUT2D eigenvalue weighted by molar-refractivity contribution is 5.75. The summed E-state index contributed by atoms with van der Waals surface area (Å²) in [6.07, 6.45) is 1.40. The van der Waals surface area contributed by atoms with E-state index in [1.54, 1.807) is 6.92 Å². The van der Waals surface area contributed by atoms with Gasteiger partial charge in [-0.2, -0.15) is 0 Å². The van der Waals surface area contributed by atoms with Crippen LogP contribution >= 0.6 is 0 Å². The van der Waals surface area contributed by atoms with Gasteiger partial charge in [0.15, 0.2) is 0 Å². The first-order chi connectivity index (χ1) is 7.52. The lowest BCUT2D eigenvalue weighted by atomic mass is 9.94. The minimum Gasteiger partial charge on any atom is -0.393 e. The molecule has 0 aliphatic carbocycles. The van der Waals surface area contributed by atoms with Crippen molar-refractivity contribution in [3.8, 4) is 0 Å². The van der Waals surface area contributed by atoms with Crippen molar-refractivity contribution in [3.63, 3.8) is 0 Å². The number of amides is 1. The topological polar surface area (TPSA) is 78.8 Å². The van der Waals surface area contributed by atoms with Crippen LogP contribution in [0, 0.1) is 0 Å². The third-order valence-electron chi connectivity index (χ3n) is 2.83. The molecular formula is C11H21NO4. The Hall–Kier alpha value is -0.650. The Bertz CT molecular complexity index is 224. The number of carbonyl (C=O) groups excluding carboxylic acids is 1. The average molecular weight is 231 g/mol. The molecule has 1 rings (SSSR count). The van der Waals surface area contributed by atoms with Gasteiger partial charge in [0.05, 0.1) is 11.7 Å². The Morgan fingerprint density at radius 3 is 2.69 bits per heavy atom. The quantitative estimate of drug-likeness (QED) is 0.612. The molecular weight excluding hydrogens is 210 g/mol.